The summed E-state index contributed by atoms with van der Waals surface area (Å²) in [6.45, 7) is 0.809. The largest absolute Gasteiger partial charge is 0.490 e. The average molecular weight is 230 g/mol. The van der Waals surface area contributed by atoms with E-state index in [0.717, 1.165) is 0 Å². The van der Waals surface area contributed by atoms with E-state index >= 15 is 0 Å². The third kappa shape index (κ3) is 1.90. The van der Waals surface area contributed by atoms with Gasteiger partial charge in [-0.25, -0.2) is 4.39 Å². The molecule has 1 aliphatic rings. The van der Waals surface area contributed by atoms with Gasteiger partial charge in [0.1, 0.15) is 24.1 Å². The Morgan fingerprint density at radius 2 is 2.40 bits per heavy atom. The highest BCUT2D eigenvalue weighted by molar-refractivity contribution is 6.29. The first-order valence-corrected chi connectivity index (χ1v) is 5.04. The molecule has 80 valence electrons. The fourth-order valence-corrected chi connectivity index (χ4v) is 1.67. The zero-order valence-electron chi connectivity index (χ0n) is 7.87. The van der Waals surface area contributed by atoms with Gasteiger partial charge in [-0.05, 0) is 12.1 Å². The molecule has 1 aromatic carbocycles. The molecule has 1 heterocycles. The maximum absolute atomic E-state index is 13.0. The van der Waals surface area contributed by atoms with Crippen LogP contribution in [0.1, 0.15) is 0 Å². The van der Waals surface area contributed by atoms with E-state index in [9.17, 15) is 9.18 Å². The van der Waals surface area contributed by atoms with Gasteiger partial charge in [0.15, 0.2) is 0 Å². The Morgan fingerprint density at radius 1 is 1.60 bits per heavy atom. The maximum atomic E-state index is 13.0. The first-order chi connectivity index (χ1) is 7.22. The summed E-state index contributed by atoms with van der Waals surface area (Å²) in [6, 6.07) is 4.09. The number of hydrogen-bond donors (Lipinski definition) is 0. The molecular formula is C10H9ClFNO2. The van der Waals surface area contributed by atoms with Gasteiger partial charge in [-0.15, -0.1) is 11.6 Å². The Bertz CT molecular complexity index is 397. The Balaban J connectivity index is 2.40. The van der Waals surface area contributed by atoms with Crippen LogP contribution >= 0.6 is 11.6 Å². The van der Waals surface area contributed by atoms with E-state index in [1.807, 2.05) is 0 Å². The molecule has 0 fully saturated rings. The van der Waals surface area contributed by atoms with Crippen LogP contribution in [0.15, 0.2) is 18.2 Å². The number of carbonyl (C=O) groups excluding carboxylic acids is 1. The molecule has 0 aliphatic carbocycles. The van der Waals surface area contributed by atoms with Crippen molar-refractivity contribution in [2.45, 2.75) is 0 Å². The second kappa shape index (κ2) is 4.06. The molecule has 2 rings (SSSR count). The van der Waals surface area contributed by atoms with E-state index in [-0.39, 0.29) is 11.8 Å². The second-order valence-electron chi connectivity index (χ2n) is 3.14. The van der Waals surface area contributed by atoms with Gasteiger partial charge in [0.25, 0.3) is 0 Å². The van der Waals surface area contributed by atoms with Gasteiger partial charge in [0.2, 0.25) is 5.91 Å². The van der Waals surface area contributed by atoms with Crippen molar-refractivity contribution in [3.63, 3.8) is 0 Å². The summed E-state index contributed by atoms with van der Waals surface area (Å²) in [5.41, 5.74) is 0.451. The molecule has 0 N–H and O–H groups in total. The molecule has 1 amide bonds. The summed E-state index contributed by atoms with van der Waals surface area (Å²) in [5, 5.41) is 0. The van der Waals surface area contributed by atoms with Crippen LogP contribution in [-0.2, 0) is 4.79 Å². The summed E-state index contributed by atoms with van der Waals surface area (Å²) in [4.78, 5) is 12.9. The Morgan fingerprint density at radius 3 is 3.13 bits per heavy atom. The number of carbonyl (C=O) groups is 1. The van der Waals surface area contributed by atoms with Crippen molar-refractivity contribution in [3.05, 3.63) is 24.0 Å². The molecule has 0 aromatic heterocycles. The molecule has 15 heavy (non-hydrogen) atoms. The number of anilines is 1. The van der Waals surface area contributed by atoms with Crippen molar-refractivity contribution in [3.8, 4) is 5.75 Å². The third-order valence-electron chi connectivity index (χ3n) is 2.20. The normalized spacial score (nSPS) is 14.4. The Labute approximate surface area is 91.4 Å². The van der Waals surface area contributed by atoms with Crippen molar-refractivity contribution < 1.29 is 13.9 Å². The number of nitrogens with zero attached hydrogens (tertiary/aromatic N) is 1. The highest BCUT2D eigenvalue weighted by Gasteiger charge is 2.23. The predicted molar refractivity (Wildman–Crippen MR) is 55.0 cm³/mol. The quantitative estimate of drug-likeness (QED) is 0.688. The van der Waals surface area contributed by atoms with Gasteiger partial charge < -0.3 is 9.64 Å². The minimum atomic E-state index is -0.397. The molecule has 0 bridgehead atoms. The number of halogens is 2. The molecule has 0 unspecified atom stereocenters. The van der Waals surface area contributed by atoms with Crippen molar-refractivity contribution in [2.75, 3.05) is 23.9 Å². The molecule has 0 saturated carbocycles. The molecule has 1 aromatic rings. The molecule has 0 atom stereocenters. The topological polar surface area (TPSA) is 29.5 Å². The zero-order valence-corrected chi connectivity index (χ0v) is 8.63. The van der Waals surface area contributed by atoms with Gasteiger partial charge in [-0.3, -0.25) is 4.79 Å². The molecular weight excluding hydrogens is 221 g/mol. The fraction of sp³-hybridized carbons (Fsp3) is 0.300. The molecule has 5 heteroatoms. The highest BCUT2D eigenvalue weighted by Crippen LogP contribution is 2.32. The summed E-state index contributed by atoms with van der Waals surface area (Å²) < 4.78 is 18.3. The van der Waals surface area contributed by atoms with Crippen molar-refractivity contribution in [2.24, 2.45) is 0 Å². The molecule has 0 radical (unpaired) electrons. The molecule has 0 spiro atoms. The highest BCUT2D eigenvalue weighted by atomic mass is 35.5. The average Bonchev–Trinajstić information content (AvgIpc) is 2.27. The monoisotopic (exact) mass is 229 g/mol. The summed E-state index contributed by atoms with van der Waals surface area (Å²) >= 11 is 5.47. The Kier molecular flexibility index (Phi) is 2.77. The second-order valence-corrected chi connectivity index (χ2v) is 3.41. The van der Waals surface area contributed by atoms with Gasteiger partial charge in [0.05, 0.1) is 12.2 Å². The Hall–Kier alpha value is -1.29. The summed E-state index contributed by atoms with van der Waals surface area (Å²) in [5.74, 6) is -0.241. The number of alkyl halides is 1. The van der Waals surface area contributed by atoms with Crippen LogP contribution in [0.5, 0.6) is 5.75 Å². The van der Waals surface area contributed by atoms with Crippen LogP contribution < -0.4 is 9.64 Å². The van der Waals surface area contributed by atoms with E-state index in [2.05, 4.69) is 0 Å². The van der Waals surface area contributed by atoms with E-state index in [0.29, 0.717) is 24.6 Å². The standard InChI is InChI=1S/C10H9ClFNO2/c11-6-10(14)13-3-4-15-9-2-1-7(12)5-8(9)13/h1-2,5H,3-4,6H2. The van der Waals surface area contributed by atoms with Gasteiger partial charge in [-0.1, -0.05) is 0 Å². The molecule has 3 nitrogen and oxygen atoms in total. The lowest BCUT2D eigenvalue weighted by Gasteiger charge is -2.28. The van der Waals surface area contributed by atoms with Crippen LogP contribution in [-0.4, -0.2) is 24.9 Å². The van der Waals surface area contributed by atoms with Crippen LogP contribution in [0.4, 0.5) is 10.1 Å². The van der Waals surface area contributed by atoms with Crippen LogP contribution in [0, 0.1) is 5.82 Å². The van der Waals surface area contributed by atoms with E-state index in [4.69, 9.17) is 16.3 Å². The first-order valence-electron chi connectivity index (χ1n) is 4.51. The van der Waals surface area contributed by atoms with Gasteiger partial charge in [-0.2, -0.15) is 0 Å². The third-order valence-corrected chi connectivity index (χ3v) is 2.43. The van der Waals surface area contributed by atoms with Crippen LogP contribution in [0.25, 0.3) is 0 Å². The van der Waals surface area contributed by atoms with Gasteiger partial charge in [0, 0.05) is 6.07 Å². The summed E-state index contributed by atoms with van der Waals surface area (Å²) in [6.07, 6.45) is 0. The minimum absolute atomic E-state index is 0.115. The lowest BCUT2D eigenvalue weighted by Crippen LogP contribution is -2.38. The lowest BCUT2D eigenvalue weighted by molar-refractivity contribution is -0.116. The number of fused-ring (bicyclic) bond motifs is 1. The SMILES string of the molecule is O=C(CCl)N1CCOc2ccc(F)cc21. The summed E-state index contributed by atoms with van der Waals surface area (Å²) in [7, 11) is 0. The van der Waals surface area contributed by atoms with Crippen molar-refractivity contribution in [1.82, 2.24) is 0 Å². The van der Waals surface area contributed by atoms with E-state index in [1.54, 1.807) is 0 Å². The number of amides is 1. The van der Waals surface area contributed by atoms with Crippen molar-refractivity contribution >= 4 is 23.2 Å². The number of rotatable bonds is 1. The number of hydrogen-bond acceptors (Lipinski definition) is 2. The minimum Gasteiger partial charge on any atom is -0.490 e. The number of benzene rings is 1. The van der Waals surface area contributed by atoms with E-state index in [1.165, 1.54) is 23.1 Å². The predicted octanol–water partition coefficient (Wildman–Crippen LogP) is 1.79. The fourth-order valence-electron chi connectivity index (χ4n) is 1.52. The molecule has 1 aliphatic heterocycles. The lowest BCUT2D eigenvalue weighted by atomic mass is 10.2. The maximum Gasteiger partial charge on any atom is 0.242 e. The van der Waals surface area contributed by atoms with Crippen LogP contribution in [0.2, 0.25) is 0 Å². The number of ether oxygens (including phenoxy) is 1. The first kappa shape index (κ1) is 10.2. The van der Waals surface area contributed by atoms with Gasteiger partial charge >= 0.3 is 0 Å². The zero-order chi connectivity index (χ0) is 10.8. The van der Waals surface area contributed by atoms with Crippen molar-refractivity contribution in [1.29, 1.82) is 0 Å². The smallest absolute Gasteiger partial charge is 0.242 e. The van der Waals surface area contributed by atoms with Crippen LogP contribution in [0.3, 0.4) is 0 Å². The van der Waals surface area contributed by atoms with E-state index < -0.39 is 5.82 Å². The molecule has 0 saturated heterocycles.